The minimum atomic E-state index is -0.469. The van der Waals surface area contributed by atoms with Crippen molar-refractivity contribution >= 4 is 0 Å². The third-order valence-corrected chi connectivity index (χ3v) is 3.38. The minimum Gasteiger partial charge on any atom is -0.384 e. The van der Waals surface area contributed by atoms with Crippen LogP contribution in [0.1, 0.15) is 70.1 Å². The number of aryl methyl sites for hydroxylation is 1. The second-order valence-electron chi connectivity index (χ2n) is 5.59. The topological polar surface area (TPSA) is 20.2 Å². The first-order valence-electron chi connectivity index (χ1n) is 7.55. The summed E-state index contributed by atoms with van der Waals surface area (Å²) in [4.78, 5) is 0. The zero-order chi connectivity index (χ0) is 14.1. The van der Waals surface area contributed by atoms with Gasteiger partial charge in [0.15, 0.2) is 0 Å². The van der Waals surface area contributed by atoms with Crippen molar-refractivity contribution in [2.45, 2.75) is 65.4 Å². The van der Waals surface area contributed by atoms with Crippen LogP contribution in [-0.2, 0) is 6.42 Å². The molecule has 0 radical (unpaired) electrons. The van der Waals surface area contributed by atoms with Gasteiger partial charge in [-0.3, -0.25) is 0 Å². The summed E-state index contributed by atoms with van der Waals surface area (Å²) in [7, 11) is 0. The summed E-state index contributed by atoms with van der Waals surface area (Å²) >= 11 is 0. The van der Waals surface area contributed by atoms with Crippen LogP contribution in [0, 0.1) is 0 Å². The number of unbranched alkanes of at least 4 members (excludes halogenated alkanes) is 4. The fraction of sp³-hybridized carbons (Fsp3) is 0.556. The van der Waals surface area contributed by atoms with E-state index in [1.807, 2.05) is 32.1 Å². The van der Waals surface area contributed by atoms with Crippen molar-refractivity contribution in [2.24, 2.45) is 0 Å². The van der Waals surface area contributed by atoms with E-state index in [0.29, 0.717) is 0 Å². The van der Waals surface area contributed by atoms with Crippen LogP contribution in [0.25, 0.3) is 0 Å². The Kier molecular flexibility index (Phi) is 7.50. The second kappa shape index (κ2) is 8.92. The summed E-state index contributed by atoms with van der Waals surface area (Å²) < 4.78 is 0. The average molecular weight is 260 g/mol. The van der Waals surface area contributed by atoms with Crippen molar-refractivity contribution in [1.29, 1.82) is 0 Å². The fourth-order valence-corrected chi connectivity index (χ4v) is 2.23. The Balaban J connectivity index is 2.41. The van der Waals surface area contributed by atoms with Gasteiger partial charge in [-0.25, -0.2) is 0 Å². The Morgan fingerprint density at radius 2 is 1.68 bits per heavy atom. The van der Waals surface area contributed by atoms with Gasteiger partial charge < -0.3 is 5.11 Å². The van der Waals surface area contributed by atoms with Crippen LogP contribution < -0.4 is 0 Å². The number of aliphatic hydroxyl groups excluding tert-OH is 1. The molecular formula is C18H28O. The van der Waals surface area contributed by atoms with Gasteiger partial charge in [-0.15, -0.1) is 0 Å². The van der Waals surface area contributed by atoms with Crippen LogP contribution in [0.15, 0.2) is 35.9 Å². The molecule has 0 aliphatic rings. The summed E-state index contributed by atoms with van der Waals surface area (Å²) in [5.74, 6) is 0. The molecule has 1 heteroatoms. The number of benzene rings is 1. The molecule has 0 spiro atoms. The van der Waals surface area contributed by atoms with Crippen molar-refractivity contribution < 1.29 is 5.11 Å². The first kappa shape index (κ1) is 16.0. The zero-order valence-corrected chi connectivity index (χ0v) is 12.7. The molecule has 1 aromatic carbocycles. The highest BCUT2D eigenvalue weighted by Gasteiger charge is 2.03. The molecule has 0 bridgehead atoms. The van der Waals surface area contributed by atoms with Gasteiger partial charge in [-0.1, -0.05) is 68.5 Å². The maximum atomic E-state index is 9.98. The lowest BCUT2D eigenvalue weighted by Gasteiger charge is -2.08. The lowest BCUT2D eigenvalue weighted by atomic mass is 10.0. The Labute approximate surface area is 118 Å². The molecule has 0 amide bonds. The van der Waals surface area contributed by atoms with E-state index < -0.39 is 6.10 Å². The third-order valence-electron chi connectivity index (χ3n) is 3.38. The normalized spacial score (nSPS) is 12.2. The predicted molar refractivity (Wildman–Crippen MR) is 83.3 cm³/mol. The van der Waals surface area contributed by atoms with Gasteiger partial charge in [0.2, 0.25) is 0 Å². The maximum absolute atomic E-state index is 9.98. The van der Waals surface area contributed by atoms with E-state index in [2.05, 4.69) is 19.1 Å². The Hall–Kier alpha value is -1.08. The lowest BCUT2D eigenvalue weighted by Crippen LogP contribution is -1.95. The summed E-state index contributed by atoms with van der Waals surface area (Å²) in [5, 5.41) is 9.98. The van der Waals surface area contributed by atoms with Crippen molar-refractivity contribution in [1.82, 2.24) is 0 Å². The molecule has 106 valence electrons. The molecule has 0 unspecified atom stereocenters. The standard InChI is InChI=1S/C18H28O/c1-4-5-6-7-8-9-16-10-12-17(13-11-16)18(19)14-15(2)3/h10-14,18-19H,4-9H2,1-3H3/t18-/m0/s1. The van der Waals surface area contributed by atoms with E-state index in [9.17, 15) is 5.11 Å². The van der Waals surface area contributed by atoms with Crippen LogP contribution in [-0.4, -0.2) is 5.11 Å². The molecule has 1 nitrogen and oxygen atoms in total. The number of hydrogen-bond acceptors (Lipinski definition) is 1. The molecule has 1 aromatic rings. The molecule has 0 aliphatic carbocycles. The lowest BCUT2D eigenvalue weighted by molar-refractivity contribution is 0.227. The molecule has 1 N–H and O–H groups in total. The molecule has 0 saturated carbocycles. The first-order chi connectivity index (χ1) is 9.13. The number of rotatable bonds is 8. The van der Waals surface area contributed by atoms with Gasteiger partial charge in [-0.05, 0) is 37.8 Å². The molecule has 0 heterocycles. The predicted octanol–water partition coefficient (Wildman–Crippen LogP) is 5.20. The zero-order valence-electron chi connectivity index (χ0n) is 12.7. The highest BCUT2D eigenvalue weighted by molar-refractivity contribution is 5.27. The van der Waals surface area contributed by atoms with Gasteiger partial charge >= 0.3 is 0 Å². The van der Waals surface area contributed by atoms with Crippen LogP contribution in [0.4, 0.5) is 0 Å². The molecular weight excluding hydrogens is 232 g/mol. The molecule has 0 aliphatic heterocycles. The molecule has 0 saturated heterocycles. The molecule has 19 heavy (non-hydrogen) atoms. The van der Waals surface area contributed by atoms with Gasteiger partial charge in [0, 0.05) is 0 Å². The highest BCUT2D eigenvalue weighted by atomic mass is 16.3. The summed E-state index contributed by atoms with van der Waals surface area (Å²) in [6.07, 6.45) is 9.19. The number of aliphatic hydroxyl groups is 1. The average Bonchev–Trinajstić information content (AvgIpc) is 2.38. The van der Waals surface area contributed by atoms with Gasteiger partial charge in [0.1, 0.15) is 0 Å². The van der Waals surface area contributed by atoms with Crippen molar-refractivity contribution in [2.75, 3.05) is 0 Å². The molecule has 1 rings (SSSR count). The van der Waals surface area contributed by atoms with Crippen LogP contribution in [0.5, 0.6) is 0 Å². The Morgan fingerprint density at radius 3 is 2.26 bits per heavy atom. The summed E-state index contributed by atoms with van der Waals surface area (Å²) in [6, 6.07) is 8.39. The van der Waals surface area contributed by atoms with Crippen LogP contribution in [0.2, 0.25) is 0 Å². The summed E-state index contributed by atoms with van der Waals surface area (Å²) in [5.41, 5.74) is 3.51. The number of hydrogen-bond donors (Lipinski definition) is 1. The monoisotopic (exact) mass is 260 g/mol. The smallest absolute Gasteiger partial charge is 0.0974 e. The minimum absolute atomic E-state index is 0.469. The summed E-state index contributed by atoms with van der Waals surface area (Å²) in [6.45, 7) is 6.26. The van der Waals surface area contributed by atoms with Crippen LogP contribution >= 0.6 is 0 Å². The van der Waals surface area contributed by atoms with E-state index in [0.717, 1.165) is 17.6 Å². The van der Waals surface area contributed by atoms with Crippen molar-refractivity contribution in [3.8, 4) is 0 Å². The van der Waals surface area contributed by atoms with E-state index in [4.69, 9.17) is 0 Å². The van der Waals surface area contributed by atoms with Gasteiger partial charge in [0.25, 0.3) is 0 Å². The van der Waals surface area contributed by atoms with E-state index in [1.54, 1.807) is 0 Å². The van der Waals surface area contributed by atoms with Gasteiger partial charge in [0.05, 0.1) is 6.10 Å². The first-order valence-corrected chi connectivity index (χ1v) is 7.55. The largest absolute Gasteiger partial charge is 0.384 e. The second-order valence-corrected chi connectivity index (χ2v) is 5.59. The Morgan fingerprint density at radius 1 is 1.05 bits per heavy atom. The molecule has 0 fully saturated rings. The molecule has 1 atom stereocenters. The quantitative estimate of drug-likeness (QED) is 0.503. The van der Waals surface area contributed by atoms with E-state index in [-0.39, 0.29) is 0 Å². The van der Waals surface area contributed by atoms with Crippen molar-refractivity contribution in [3.05, 3.63) is 47.0 Å². The fourth-order valence-electron chi connectivity index (χ4n) is 2.23. The maximum Gasteiger partial charge on any atom is 0.0974 e. The van der Waals surface area contributed by atoms with Crippen molar-refractivity contribution in [3.63, 3.8) is 0 Å². The Bertz CT molecular complexity index is 371. The highest BCUT2D eigenvalue weighted by Crippen LogP contribution is 2.17. The van der Waals surface area contributed by atoms with E-state index in [1.165, 1.54) is 37.7 Å². The molecule has 0 aromatic heterocycles. The SMILES string of the molecule is CCCCCCCc1ccc([C@@H](O)C=C(C)C)cc1. The van der Waals surface area contributed by atoms with E-state index >= 15 is 0 Å². The van der Waals surface area contributed by atoms with Gasteiger partial charge in [-0.2, -0.15) is 0 Å². The van der Waals surface area contributed by atoms with Crippen LogP contribution in [0.3, 0.4) is 0 Å². The third kappa shape index (κ3) is 6.58. The number of allylic oxidation sites excluding steroid dienone is 1.